The van der Waals surface area contributed by atoms with Gasteiger partial charge in [-0.1, -0.05) is 18.7 Å². The van der Waals surface area contributed by atoms with E-state index in [2.05, 4.69) is 6.58 Å². The van der Waals surface area contributed by atoms with Gasteiger partial charge in [-0.2, -0.15) is 0 Å². The Morgan fingerprint density at radius 2 is 1.86 bits per heavy atom. The van der Waals surface area contributed by atoms with E-state index >= 15 is 0 Å². The highest BCUT2D eigenvalue weighted by Gasteiger charge is 2.05. The van der Waals surface area contributed by atoms with E-state index in [0.717, 1.165) is 5.56 Å². The Balaban J connectivity index is 2.95. The summed E-state index contributed by atoms with van der Waals surface area (Å²) in [5.74, 6) is 0. The minimum Gasteiger partial charge on any atom is -0.402 e. The molecule has 0 aromatic heterocycles. The van der Waals surface area contributed by atoms with Crippen LogP contribution in [0.1, 0.15) is 5.56 Å². The monoisotopic (exact) mass is 211 g/mol. The van der Waals surface area contributed by atoms with Crippen LogP contribution in [0.3, 0.4) is 0 Å². The number of benzene rings is 1. The van der Waals surface area contributed by atoms with Gasteiger partial charge >= 0.3 is 0 Å². The summed E-state index contributed by atoms with van der Waals surface area (Å²) in [5, 5.41) is 0. The van der Waals surface area contributed by atoms with E-state index in [1.54, 1.807) is 24.3 Å². The molecule has 1 aromatic carbocycles. The van der Waals surface area contributed by atoms with Gasteiger partial charge in [0.05, 0.1) is 4.90 Å². The lowest BCUT2D eigenvalue weighted by atomic mass is 10.1. The van der Waals surface area contributed by atoms with Crippen molar-refractivity contribution in [3.8, 4) is 0 Å². The first-order valence-corrected chi connectivity index (χ1v) is 6.01. The van der Waals surface area contributed by atoms with Gasteiger partial charge in [0.2, 0.25) is 0 Å². The van der Waals surface area contributed by atoms with Gasteiger partial charge in [0, 0.05) is 18.4 Å². The Morgan fingerprint density at radius 1 is 1.36 bits per heavy atom. The first-order valence-electron chi connectivity index (χ1n) is 4.12. The molecule has 0 amide bonds. The minimum atomic E-state index is -3.10. The van der Waals surface area contributed by atoms with Crippen molar-refractivity contribution in [2.45, 2.75) is 11.3 Å². The maximum atomic E-state index is 11.1. The summed E-state index contributed by atoms with van der Waals surface area (Å²) < 4.78 is 22.2. The summed E-state index contributed by atoms with van der Waals surface area (Å²) in [6.45, 7) is 3.58. The second kappa shape index (κ2) is 3.84. The van der Waals surface area contributed by atoms with Crippen molar-refractivity contribution in [1.82, 2.24) is 0 Å². The summed E-state index contributed by atoms with van der Waals surface area (Å²) in [7, 11) is -3.10. The first kappa shape index (κ1) is 10.8. The molecule has 4 heteroatoms. The van der Waals surface area contributed by atoms with Crippen LogP contribution in [0.25, 0.3) is 0 Å². The minimum absolute atomic E-state index is 0.323. The zero-order valence-electron chi connectivity index (χ0n) is 8.03. The van der Waals surface area contributed by atoms with E-state index in [0.29, 0.717) is 17.0 Å². The Bertz CT molecular complexity index is 432. The molecule has 0 aliphatic rings. The molecular weight excluding hydrogens is 198 g/mol. The molecule has 3 nitrogen and oxygen atoms in total. The van der Waals surface area contributed by atoms with Crippen molar-refractivity contribution < 1.29 is 8.42 Å². The van der Waals surface area contributed by atoms with E-state index in [-0.39, 0.29) is 0 Å². The zero-order valence-corrected chi connectivity index (χ0v) is 8.84. The molecule has 0 saturated heterocycles. The third-order valence-electron chi connectivity index (χ3n) is 1.78. The maximum Gasteiger partial charge on any atom is 0.175 e. The highest BCUT2D eigenvalue weighted by Crippen LogP contribution is 2.11. The van der Waals surface area contributed by atoms with Crippen LogP contribution in [-0.2, 0) is 16.3 Å². The summed E-state index contributed by atoms with van der Waals surface area (Å²) in [6, 6.07) is 6.64. The van der Waals surface area contributed by atoms with E-state index in [1.165, 1.54) is 6.26 Å². The molecular formula is C10H13NO2S. The second-order valence-electron chi connectivity index (χ2n) is 3.25. The van der Waals surface area contributed by atoms with Crippen molar-refractivity contribution in [2.75, 3.05) is 6.26 Å². The molecule has 76 valence electrons. The van der Waals surface area contributed by atoms with Gasteiger partial charge in [-0.25, -0.2) is 8.42 Å². The average Bonchev–Trinajstić information content (AvgIpc) is 2.02. The molecule has 0 saturated carbocycles. The van der Waals surface area contributed by atoms with Gasteiger partial charge in [0.15, 0.2) is 9.84 Å². The Hall–Kier alpha value is -1.29. The van der Waals surface area contributed by atoms with Crippen LogP contribution in [-0.4, -0.2) is 14.7 Å². The van der Waals surface area contributed by atoms with E-state index in [4.69, 9.17) is 5.73 Å². The molecule has 1 aromatic rings. The number of rotatable bonds is 3. The molecule has 0 heterocycles. The SMILES string of the molecule is C=C(N)Cc1ccc(S(C)(=O)=O)cc1. The molecule has 0 bridgehead atoms. The van der Waals surface area contributed by atoms with Gasteiger partial charge in [0.1, 0.15) is 0 Å². The fourth-order valence-electron chi connectivity index (χ4n) is 1.12. The fourth-order valence-corrected chi connectivity index (χ4v) is 1.75. The normalized spacial score (nSPS) is 11.2. The molecule has 0 aliphatic heterocycles. The number of allylic oxidation sites excluding steroid dienone is 1. The predicted octanol–water partition coefficient (Wildman–Crippen LogP) is 1.11. The lowest BCUT2D eigenvalue weighted by Gasteiger charge is -2.02. The molecule has 0 fully saturated rings. The van der Waals surface area contributed by atoms with Crippen LogP contribution >= 0.6 is 0 Å². The third-order valence-corrected chi connectivity index (χ3v) is 2.91. The molecule has 1 rings (SSSR count). The predicted molar refractivity (Wildman–Crippen MR) is 56.6 cm³/mol. The standard InChI is InChI=1S/C10H13NO2S/c1-8(11)7-9-3-5-10(6-4-9)14(2,12)13/h3-6H,1,7,11H2,2H3. The van der Waals surface area contributed by atoms with Gasteiger partial charge in [-0.15, -0.1) is 0 Å². The average molecular weight is 211 g/mol. The van der Waals surface area contributed by atoms with Gasteiger partial charge in [0.25, 0.3) is 0 Å². The van der Waals surface area contributed by atoms with Crippen molar-refractivity contribution in [3.63, 3.8) is 0 Å². The van der Waals surface area contributed by atoms with Crippen LogP contribution in [0.5, 0.6) is 0 Å². The smallest absolute Gasteiger partial charge is 0.175 e. The van der Waals surface area contributed by atoms with Crippen LogP contribution in [0.2, 0.25) is 0 Å². The molecule has 0 unspecified atom stereocenters. The second-order valence-corrected chi connectivity index (χ2v) is 5.27. The topological polar surface area (TPSA) is 60.2 Å². The van der Waals surface area contributed by atoms with Gasteiger partial charge in [-0.05, 0) is 17.7 Å². The molecule has 0 aliphatic carbocycles. The van der Waals surface area contributed by atoms with E-state index < -0.39 is 9.84 Å². The lowest BCUT2D eigenvalue weighted by Crippen LogP contribution is -2.00. The van der Waals surface area contributed by atoms with Crippen molar-refractivity contribution in [2.24, 2.45) is 5.73 Å². The number of hydrogen-bond acceptors (Lipinski definition) is 3. The van der Waals surface area contributed by atoms with Crippen molar-refractivity contribution in [1.29, 1.82) is 0 Å². The largest absolute Gasteiger partial charge is 0.402 e. The Labute approximate surface area is 84.2 Å². The molecule has 0 radical (unpaired) electrons. The van der Waals surface area contributed by atoms with Crippen molar-refractivity contribution in [3.05, 3.63) is 42.1 Å². The van der Waals surface area contributed by atoms with Crippen LogP contribution in [0.15, 0.2) is 41.4 Å². The van der Waals surface area contributed by atoms with Crippen molar-refractivity contribution >= 4 is 9.84 Å². The summed E-state index contributed by atoms with van der Waals surface area (Å²) in [6.07, 6.45) is 1.76. The van der Waals surface area contributed by atoms with E-state index in [9.17, 15) is 8.42 Å². The molecule has 14 heavy (non-hydrogen) atoms. The maximum absolute atomic E-state index is 11.1. The van der Waals surface area contributed by atoms with Gasteiger partial charge < -0.3 is 5.73 Å². The van der Waals surface area contributed by atoms with Crippen LogP contribution in [0.4, 0.5) is 0 Å². The lowest BCUT2D eigenvalue weighted by molar-refractivity contribution is 0.602. The Kier molecular flexibility index (Phi) is 2.96. The van der Waals surface area contributed by atoms with Gasteiger partial charge in [-0.3, -0.25) is 0 Å². The number of hydrogen-bond donors (Lipinski definition) is 1. The highest BCUT2D eigenvalue weighted by molar-refractivity contribution is 7.90. The zero-order chi connectivity index (χ0) is 10.8. The summed E-state index contributed by atoms with van der Waals surface area (Å²) in [4.78, 5) is 0.323. The highest BCUT2D eigenvalue weighted by atomic mass is 32.2. The number of sulfone groups is 1. The first-order chi connectivity index (χ1) is 6.39. The summed E-state index contributed by atoms with van der Waals surface area (Å²) >= 11 is 0. The quantitative estimate of drug-likeness (QED) is 0.814. The van der Waals surface area contributed by atoms with Crippen LogP contribution in [0, 0.1) is 0 Å². The fraction of sp³-hybridized carbons (Fsp3) is 0.200. The van der Waals surface area contributed by atoms with E-state index in [1.807, 2.05) is 0 Å². The third kappa shape index (κ3) is 2.88. The Morgan fingerprint density at radius 3 is 2.21 bits per heavy atom. The molecule has 0 spiro atoms. The molecule has 0 atom stereocenters. The number of nitrogens with two attached hydrogens (primary N) is 1. The van der Waals surface area contributed by atoms with Crippen LogP contribution < -0.4 is 5.73 Å². The molecule has 2 N–H and O–H groups in total. The summed E-state index contributed by atoms with van der Waals surface area (Å²) in [5.41, 5.74) is 6.97.